The molecule has 0 saturated heterocycles. The minimum atomic E-state index is -0.432. The van der Waals surface area contributed by atoms with Crippen molar-refractivity contribution in [2.24, 2.45) is 0 Å². The maximum Gasteiger partial charge on any atom is 0.341 e. The summed E-state index contributed by atoms with van der Waals surface area (Å²) in [5.41, 5.74) is 4.83. The highest BCUT2D eigenvalue weighted by atomic mass is 32.1. The summed E-state index contributed by atoms with van der Waals surface area (Å²) in [5, 5.41) is 6.62. The first kappa shape index (κ1) is 20.1. The van der Waals surface area contributed by atoms with Crippen molar-refractivity contribution in [3.05, 3.63) is 50.9 Å². The van der Waals surface area contributed by atoms with E-state index < -0.39 is 5.97 Å². The molecule has 26 heavy (non-hydrogen) atoms. The number of nitrogens with one attached hydrogen (secondary N) is 2. The van der Waals surface area contributed by atoms with Crippen molar-refractivity contribution in [2.45, 2.75) is 40.7 Å². The highest BCUT2D eigenvalue weighted by Gasteiger charge is 2.21. The second-order valence-corrected chi connectivity index (χ2v) is 7.71. The van der Waals surface area contributed by atoms with Gasteiger partial charge in [0.15, 0.2) is 0 Å². The minimum absolute atomic E-state index is 0.0486. The summed E-state index contributed by atoms with van der Waals surface area (Å²) in [6.45, 7) is 10.1. The van der Waals surface area contributed by atoms with Gasteiger partial charge in [-0.15, -0.1) is 11.3 Å². The lowest BCUT2D eigenvalue weighted by Gasteiger charge is -2.17. The van der Waals surface area contributed by atoms with Gasteiger partial charge in [0.2, 0.25) is 5.91 Å². The van der Waals surface area contributed by atoms with Crippen molar-refractivity contribution < 1.29 is 14.3 Å². The van der Waals surface area contributed by atoms with Gasteiger partial charge in [-0.05, 0) is 51.3 Å². The Bertz CT molecular complexity index is 827. The molecule has 0 bridgehead atoms. The number of carbonyl (C=O) groups is 2. The van der Waals surface area contributed by atoms with Gasteiger partial charge in [0.1, 0.15) is 5.00 Å². The molecule has 0 radical (unpaired) electrons. The van der Waals surface area contributed by atoms with Crippen molar-refractivity contribution in [3.63, 3.8) is 0 Å². The Labute approximate surface area is 158 Å². The van der Waals surface area contributed by atoms with Gasteiger partial charge >= 0.3 is 5.97 Å². The molecule has 0 unspecified atom stereocenters. The average molecular weight is 375 g/mol. The molecule has 0 spiro atoms. The third kappa shape index (κ3) is 4.51. The molecule has 0 aliphatic heterocycles. The fraction of sp³-hybridized carbons (Fsp3) is 0.400. The number of methoxy groups -OCH3 is 1. The predicted octanol–water partition coefficient (Wildman–Crippen LogP) is 4.06. The van der Waals surface area contributed by atoms with Crippen LogP contribution in [0, 0.1) is 27.7 Å². The molecule has 6 heteroatoms. The maximum atomic E-state index is 12.4. The van der Waals surface area contributed by atoms with Crippen LogP contribution >= 0.6 is 11.3 Å². The van der Waals surface area contributed by atoms with Crippen LogP contribution in [0.15, 0.2) is 18.2 Å². The number of thiophene rings is 1. The molecule has 2 rings (SSSR count). The molecule has 1 aromatic heterocycles. The van der Waals surface area contributed by atoms with Gasteiger partial charge in [0.05, 0.1) is 19.2 Å². The highest BCUT2D eigenvalue weighted by Crippen LogP contribution is 2.32. The molecular formula is C20H26N2O3S. The molecule has 2 aromatic rings. The Morgan fingerprint density at radius 1 is 1.19 bits per heavy atom. The molecule has 1 amide bonds. The summed E-state index contributed by atoms with van der Waals surface area (Å²) in [6, 6.07) is 6.34. The Morgan fingerprint density at radius 2 is 1.88 bits per heavy atom. The van der Waals surface area contributed by atoms with Gasteiger partial charge in [-0.2, -0.15) is 0 Å². The predicted molar refractivity (Wildman–Crippen MR) is 106 cm³/mol. The molecule has 0 aliphatic rings. The zero-order valence-electron chi connectivity index (χ0n) is 16.1. The molecule has 1 atom stereocenters. The summed E-state index contributed by atoms with van der Waals surface area (Å²) in [6.07, 6.45) is 0. The molecule has 1 heterocycles. The number of amides is 1. The lowest BCUT2D eigenvalue weighted by atomic mass is 10.00. The van der Waals surface area contributed by atoms with E-state index in [2.05, 4.69) is 42.7 Å². The zero-order valence-corrected chi connectivity index (χ0v) is 17.0. The number of aryl methyl sites for hydroxylation is 3. The SMILES string of the molecule is COC(=O)c1c(NC(=O)CN[C@H](C)c2cc(C)ccc2C)sc(C)c1C. The second kappa shape index (κ2) is 8.47. The summed E-state index contributed by atoms with van der Waals surface area (Å²) in [5.74, 6) is -0.618. The van der Waals surface area contributed by atoms with Crippen LogP contribution in [-0.2, 0) is 9.53 Å². The maximum absolute atomic E-state index is 12.4. The molecular weight excluding hydrogens is 348 g/mol. The molecule has 0 saturated carbocycles. The van der Waals surface area contributed by atoms with Crippen LogP contribution in [0.5, 0.6) is 0 Å². The summed E-state index contributed by atoms with van der Waals surface area (Å²) >= 11 is 1.39. The van der Waals surface area contributed by atoms with E-state index in [4.69, 9.17) is 4.74 Å². The number of rotatable bonds is 6. The summed E-state index contributed by atoms with van der Waals surface area (Å²) in [7, 11) is 1.34. The zero-order chi connectivity index (χ0) is 19.4. The number of anilines is 1. The number of carbonyl (C=O) groups excluding carboxylic acids is 2. The fourth-order valence-corrected chi connectivity index (χ4v) is 3.88. The van der Waals surface area contributed by atoms with Gasteiger partial charge in [-0.25, -0.2) is 4.79 Å². The summed E-state index contributed by atoms with van der Waals surface area (Å²) in [4.78, 5) is 25.3. The minimum Gasteiger partial charge on any atom is -0.465 e. The number of benzene rings is 1. The molecule has 0 fully saturated rings. The van der Waals surface area contributed by atoms with Crippen LogP contribution in [0.1, 0.15) is 50.5 Å². The molecule has 140 valence electrons. The van der Waals surface area contributed by atoms with Gasteiger partial charge in [-0.1, -0.05) is 23.8 Å². The van der Waals surface area contributed by atoms with Gasteiger partial charge in [-0.3, -0.25) is 4.79 Å². The third-order valence-corrected chi connectivity index (χ3v) is 5.62. The van der Waals surface area contributed by atoms with Crippen LogP contribution in [0.2, 0.25) is 0 Å². The van der Waals surface area contributed by atoms with Crippen molar-refractivity contribution >= 4 is 28.2 Å². The van der Waals surface area contributed by atoms with E-state index in [-0.39, 0.29) is 18.5 Å². The standard InChI is InChI=1S/C20H26N2O3S/c1-11-7-8-12(2)16(9-11)14(4)21-10-17(23)22-19-18(20(24)25-6)13(3)15(5)26-19/h7-9,14,21H,10H2,1-6H3,(H,22,23)/t14-/m1/s1. The van der Waals surface area contributed by atoms with Gasteiger partial charge < -0.3 is 15.4 Å². The molecule has 5 nitrogen and oxygen atoms in total. The van der Waals surface area contributed by atoms with Crippen molar-refractivity contribution in [3.8, 4) is 0 Å². The number of hydrogen-bond acceptors (Lipinski definition) is 5. The average Bonchev–Trinajstić information content (AvgIpc) is 2.88. The Morgan fingerprint density at radius 3 is 2.54 bits per heavy atom. The number of esters is 1. The van der Waals surface area contributed by atoms with E-state index in [9.17, 15) is 9.59 Å². The van der Waals surface area contributed by atoms with E-state index in [1.807, 2.05) is 20.8 Å². The largest absolute Gasteiger partial charge is 0.465 e. The van der Waals surface area contributed by atoms with Gasteiger partial charge in [0, 0.05) is 10.9 Å². The topological polar surface area (TPSA) is 67.4 Å². The Hall–Kier alpha value is -2.18. The van der Waals surface area contributed by atoms with Crippen LogP contribution in [-0.4, -0.2) is 25.5 Å². The van der Waals surface area contributed by atoms with Crippen LogP contribution in [0.4, 0.5) is 5.00 Å². The van der Waals surface area contributed by atoms with Crippen LogP contribution < -0.4 is 10.6 Å². The van der Waals surface area contributed by atoms with Crippen LogP contribution in [0.3, 0.4) is 0 Å². The fourth-order valence-electron chi connectivity index (χ4n) is 2.82. The van der Waals surface area contributed by atoms with E-state index in [0.29, 0.717) is 10.6 Å². The number of hydrogen-bond donors (Lipinski definition) is 2. The van der Waals surface area contributed by atoms with E-state index >= 15 is 0 Å². The first-order chi connectivity index (χ1) is 12.2. The molecule has 1 aromatic carbocycles. The van der Waals surface area contributed by atoms with E-state index in [1.54, 1.807) is 0 Å². The lowest BCUT2D eigenvalue weighted by Crippen LogP contribution is -2.30. The Balaban J connectivity index is 2.05. The van der Waals surface area contributed by atoms with E-state index in [1.165, 1.54) is 35.1 Å². The molecule has 0 aliphatic carbocycles. The van der Waals surface area contributed by atoms with Crippen molar-refractivity contribution in [2.75, 3.05) is 19.0 Å². The lowest BCUT2D eigenvalue weighted by molar-refractivity contribution is -0.115. The normalized spacial score (nSPS) is 11.9. The highest BCUT2D eigenvalue weighted by molar-refractivity contribution is 7.16. The quantitative estimate of drug-likeness (QED) is 0.749. The third-order valence-electron chi connectivity index (χ3n) is 4.50. The van der Waals surface area contributed by atoms with Crippen LogP contribution in [0.25, 0.3) is 0 Å². The Kier molecular flexibility index (Phi) is 6.56. The smallest absolute Gasteiger partial charge is 0.341 e. The van der Waals surface area contributed by atoms with Crippen molar-refractivity contribution in [1.82, 2.24) is 5.32 Å². The second-order valence-electron chi connectivity index (χ2n) is 6.49. The first-order valence-electron chi connectivity index (χ1n) is 8.53. The van der Waals surface area contributed by atoms with E-state index in [0.717, 1.165) is 10.4 Å². The van der Waals surface area contributed by atoms with Crippen molar-refractivity contribution in [1.29, 1.82) is 0 Å². The van der Waals surface area contributed by atoms with Gasteiger partial charge in [0.25, 0.3) is 0 Å². The first-order valence-corrected chi connectivity index (χ1v) is 9.35. The number of ether oxygens (including phenoxy) is 1. The molecule has 2 N–H and O–H groups in total. The monoisotopic (exact) mass is 374 g/mol. The summed E-state index contributed by atoms with van der Waals surface area (Å²) < 4.78 is 4.83.